The van der Waals surface area contributed by atoms with E-state index >= 15 is 0 Å². The van der Waals surface area contributed by atoms with E-state index in [-0.39, 0.29) is 0 Å². The molecule has 118 valence electrons. The van der Waals surface area contributed by atoms with Gasteiger partial charge in [0.1, 0.15) is 5.01 Å². The Hall–Kier alpha value is -1.98. The zero-order valence-corrected chi connectivity index (χ0v) is 13.7. The zero-order chi connectivity index (χ0) is 15.5. The van der Waals surface area contributed by atoms with Crippen molar-refractivity contribution in [3.63, 3.8) is 0 Å². The lowest BCUT2D eigenvalue weighted by Crippen LogP contribution is -2.22. The van der Waals surface area contributed by atoms with Gasteiger partial charge in [-0.05, 0) is 12.8 Å². The molecule has 1 aromatic carbocycles. The molecule has 3 heterocycles. The van der Waals surface area contributed by atoms with Crippen molar-refractivity contribution >= 4 is 11.3 Å². The Morgan fingerprint density at radius 2 is 2.13 bits per heavy atom. The van der Waals surface area contributed by atoms with Crippen LogP contribution >= 0.6 is 11.3 Å². The largest absolute Gasteiger partial charge is 0.381 e. The van der Waals surface area contributed by atoms with Gasteiger partial charge in [0.25, 0.3) is 0 Å². The number of ether oxygens (including phenoxy) is 1. The van der Waals surface area contributed by atoms with Crippen LogP contribution in [0.3, 0.4) is 0 Å². The third-order valence-corrected chi connectivity index (χ3v) is 5.21. The number of hydrogen-bond acceptors (Lipinski definition) is 4. The van der Waals surface area contributed by atoms with Crippen molar-refractivity contribution in [1.29, 1.82) is 0 Å². The minimum atomic E-state index is 0.582. The summed E-state index contributed by atoms with van der Waals surface area (Å²) in [7, 11) is 0. The molecule has 1 fully saturated rings. The molecule has 0 aliphatic carbocycles. The minimum absolute atomic E-state index is 0.582. The van der Waals surface area contributed by atoms with E-state index in [2.05, 4.69) is 32.9 Å². The van der Waals surface area contributed by atoms with Crippen molar-refractivity contribution in [3.05, 3.63) is 48.9 Å². The van der Waals surface area contributed by atoms with Crippen molar-refractivity contribution in [2.75, 3.05) is 13.2 Å². The first-order valence-corrected chi connectivity index (χ1v) is 8.82. The summed E-state index contributed by atoms with van der Waals surface area (Å²) in [4.78, 5) is 10.2. The van der Waals surface area contributed by atoms with Crippen LogP contribution < -0.4 is 0 Å². The van der Waals surface area contributed by atoms with Gasteiger partial charge in [-0.2, -0.15) is 0 Å². The summed E-state index contributed by atoms with van der Waals surface area (Å²) in [5, 5.41) is 1.04. The van der Waals surface area contributed by atoms with E-state index in [9.17, 15) is 0 Å². The highest BCUT2D eigenvalue weighted by molar-refractivity contribution is 7.18. The Labute approximate surface area is 139 Å². The molecule has 5 heteroatoms. The molecule has 0 N–H and O–H groups in total. The summed E-state index contributed by atoms with van der Waals surface area (Å²) in [6.45, 7) is 2.73. The highest BCUT2D eigenvalue weighted by Gasteiger charge is 2.17. The van der Waals surface area contributed by atoms with Crippen LogP contribution in [0.15, 0.2) is 48.9 Å². The van der Waals surface area contributed by atoms with Crippen LogP contribution in [-0.4, -0.2) is 27.7 Å². The molecule has 0 spiro atoms. The van der Waals surface area contributed by atoms with Crippen molar-refractivity contribution < 1.29 is 4.74 Å². The summed E-state index contributed by atoms with van der Waals surface area (Å²) in [6, 6.07) is 10.3. The maximum absolute atomic E-state index is 5.59. The van der Waals surface area contributed by atoms with E-state index in [1.807, 2.05) is 30.6 Å². The average Bonchev–Trinajstić information content (AvgIpc) is 3.25. The Morgan fingerprint density at radius 1 is 1.22 bits per heavy atom. The van der Waals surface area contributed by atoms with Crippen LogP contribution in [0.5, 0.6) is 0 Å². The second-order valence-corrected chi connectivity index (χ2v) is 6.91. The molecule has 0 radical (unpaired) electrons. The molecule has 0 bridgehead atoms. The maximum atomic E-state index is 5.59. The fourth-order valence-corrected chi connectivity index (χ4v) is 3.94. The van der Waals surface area contributed by atoms with Crippen LogP contribution in [0.1, 0.15) is 12.8 Å². The van der Waals surface area contributed by atoms with Gasteiger partial charge in [0.15, 0.2) is 5.82 Å². The van der Waals surface area contributed by atoms with E-state index in [0.29, 0.717) is 5.92 Å². The Kier molecular flexibility index (Phi) is 4.22. The van der Waals surface area contributed by atoms with E-state index in [1.165, 1.54) is 6.42 Å². The molecule has 2 aromatic heterocycles. The van der Waals surface area contributed by atoms with Gasteiger partial charge < -0.3 is 9.30 Å². The van der Waals surface area contributed by atoms with Crippen LogP contribution in [0, 0.1) is 5.92 Å². The fraction of sp³-hybridized carbons (Fsp3) is 0.333. The highest BCUT2D eigenvalue weighted by Crippen LogP contribution is 2.31. The smallest absolute Gasteiger partial charge is 0.151 e. The van der Waals surface area contributed by atoms with Gasteiger partial charge in [0.05, 0.1) is 11.5 Å². The number of hydrogen-bond donors (Lipinski definition) is 0. The van der Waals surface area contributed by atoms with E-state index in [4.69, 9.17) is 4.74 Å². The lowest BCUT2D eigenvalue weighted by Gasteiger charge is -2.22. The van der Waals surface area contributed by atoms with Crippen LogP contribution in [0.4, 0.5) is 0 Å². The quantitative estimate of drug-likeness (QED) is 0.725. The fourth-order valence-electron chi connectivity index (χ4n) is 3.00. The molecule has 3 aromatic rings. The van der Waals surface area contributed by atoms with E-state index < -0.39 is 0 Å². The number of imidazole rings is 1. The van der Waals surface area contributed by atoms with Gasteiger partial charge in [-0.15, -0.1) is 11.3 Å². The predicted octanol–water partition coefficient (Wildman–Crippen LogP) is 4.10. The van der Waals surface area contributed by atoms with Crippen molar-refractivity contribution in [3.8, 4) is 21.3 Å². The zero-order valence-electron chi connectivity index (χ0n) is 12.9. The predicted molar refractivity (Wildman–Crippen MR) is 92.3 cm³/mol. The molecular weight excluding hydrogens is 306 g/mol. The molecule has 1 saturated heterocycles. The van der Waals surface area contributed by atoms with Crippen LogP contribution in [0.2, 0.25) is 0 Å². The normalized spacial score (nSPS) is 18.2. The van der Waals surface area contributed by atoms with Crippen LogP contribution in [0.25, 0.3) is 21.3 Å². The number of thiazole rings is 1. The van der Waals surface area contributed by atoms with Gasteiger partial charge in [0, 0.05) is 43.2 Å². The Balaban J connectivity index is 1.57. The number of aromatic nitrogens is 3. The summed E-state index contributed by atoms with van der Waals surface area (Å²) in [5.41, 5.74) is 1.16. The summed E-state index contributed by atoms with van der Waals surface area (Å²) in [6.07, 6.45) is 8.26. The summed E-state index contributed by atoms with van der Waals surface area (Å²) < 4.78 is 7.83. The van der Waals surface area contributed by atoms with Gasteiger partial charge in [0.2, 0.25) is 0 Å². The average molecular weight is 325 g/mol. The van der Waals surface area contributed by atoms with Gasteiger partial charge in [-0.25, -0.2) is 9.97 Å². The molecule has 1 atom stereocenters. The SMILES string of the molecule is c1ccc(-c2ncc(-c3nccn3CC3CCCOC3)s2)cc1. The molecule has 1 aliphatic heterocycles. The number of nitrogens with zero attached hydrogens (tertiary/aromatic N) is 3. The first-order valence-electron chi connectivity index (χ1n) is 8.00. The monoisotopic (exact) mass is 325 g/mol. The molecule has 0 amide bonds. The Bertz CT molecular complexity index is 759. The highest BCUT2D eigenvalue weighted by atomic mass is 32.1. The van der Waals surface area contributed by atoms with Gasteiger partial charge >= 0.3 is 0 Å². The van der Waals surface area contributed by atoms with Gasteiger partial charge in [-0.1, -0.05) is 30.3 Å². The lowest BCUT2D eigenvalue weighted by molar-refractivity contribution is 0.0485. The molecule has 1 aliphatic rings. The number of benzene rings is 1. The molecule has 1 unspecified atom stereocenters. The Morgan fingerprint density at radius 3 is 2.96 bits per heavy atom. The topological polar surface area (TPSA) is 39.9 Å². The van der Waals surface area contributed by atoms with Crippen molar-refractivity contribution in [2.24, 2.45) is 5.92 Å². The van der Waals surface area contributed by atoms with Gasteiger partial charge in [-0.3, -0.25) is 0 Å². The molecule has 4 rings (SSSR count). The third kappa shape index (κ3) is 3.21. The van der Waals surface area contributed by atoms with Crippen LogP contribution in [-0.2, 0) is 11.3 Å². The summed E-state index contributed by atoms with van der Waals surface area (Å²) in [5.74, 6) is 1.59. The molecule has 23 heavy (non-hydrogen) atoms. The molecule has 4 nitrogen and oxygen atoms in total. The lowest BCUT2D eigenvalue weighted by atomic mass is 10.0. The molecular formula is C18H19N3OS. The van der Waals surface area contributed by atoms with E-state index in [1.54, 1.807) is 11.3 Å². The van der Waals surface area contributed by atoms with Crippen molar-refractivity contribution in [1.82, 2.24) is 14.5 Å². The minimum Gasteiger partial charge on any atom is -0.381 e. The third-order valence-electron chi connectivity index (χ3n) is 4.17. The van der Waals surface area contributed by atoms with Crippen molar-refractivity contribution in [2.45, 2.75) is 19.4 Å². The van der Waals surface area contributed by atoms with E-state index in [0.717, 1.165) is 47.5 Å². The number of rotatable bonds is 4. The standard InChI is InChI=1S/C18H19N3OS/c1-2-6-15(7-3-1)18-20-11-16(23-18)17-19-8-9-21(17)12-14-5-4-10-22-13-14/h1-3,6-9,11,14H,4-5,10,12-13H2. The second kappa shape index (κ2) is 6.64. The second-order valence-electron chi connectivity index (χ2n) is 5.88. The first-order chi connectivity index (χ1) is 11.4. The maximum Gasteiger partial charge on any atom is 0.151 e. The summed E-state index contributed by atoms with van der Waals surface area (Å²) >= 11 is 1.69. The molecule has 0 saturated carbocycles. The first kappa shape index (κ1) is 14.6.